The molecule has 0 unspecified atom stereocenters. The largest absolute Gasteiger partial charge is 0.399 e. The first-order valence-corrected chi connectivity index (χ1v) is 5.48. The minimum atomic E-state index is -0.0968. The number of amides is 1. The van der Waals surface area contributed by atoms with Gasteiger partial charge in [0, 0.05) is 19.2 Å². The summed E-state index contributed by atoms with van der Waals surface area (Å²) in [6, 6.07) is 9.03. The molecule has 0 aliphatic carbocycles. The van der Waals surface area contributed by atoms with Gasteiger partial charge in [-0.05, 0) is 17.7 Å². The van der Waals surface area contributed by atoms with Crippen molar-refractivity contribution in [3.05, 3.63) is 35.4 Å². The number of oxime groups is 1. The molecule has 0 aliphatic heterocycles. The van der Waals surface area contributed by atoms with Crippen LogP contribution in [0.15, 0.2) is 29.4 Å². The Morgan fingerprint density at radius 2 is 2.17 bits per heavy atom. The van der Waals surface area contributed by atoms with Gasteiger partial charge in [-0.15, -0.1) is 0 Å². The van der Waals surface area contributed by atoms with E-state index < -0.39 is 0 Å². The molecule has 94 valence electrons. The normalized spacial score (nSPS) is 10.1. The van der Waals surface area contributed by atoms with Crippen molar-refractivity contribution >= 4 is 12.1 Å². The van der Waals surface area contributed by atoms with Gasteiger partial charge in [0.25, 0.3) is 5.91 Å². The van der Waals surface area contributed by atoms with Gasteiger partial charge in [-0.1, -0.05) is 17.3 Å². The monoisotopic (exact) mass is 245 g/mol. The Balaban J connectivity index is 2.70. The van der Waals surface area contributed by atoms with Gasteiger partial charge < -0.3 is 9.74 Å². The average Bonchev–Trinajstić information content (AvgIpc) is 2.42. The highest BCUT2D eigenvalue weighted by molar-refractivity contribution is 5.94. The molecular weight excluding hydrogens is 230 g/mol. The second-order valence-electron chi connectivity index (χ2n) is 3.67. The van der Waals surface area contributed by atoms with Crippen molar-refractivity contribution in [2.75, 3.05) is 20.7 Å². The van der Waals surface area contributed by atoms with E-state index in [4.69, 9.17) is 5.26 Å². The lowest BCUT2D eigenvalue weighted by molar-refractivity contribution is 0.0798. The number of nitrogens with zero attached hydrogens (tertiary/aromatic N) is 3. The van der Waals surface area contributed by atoms with Gasteiger partial charge in [0.1, 0.15) is 7.11 Å². The highest BCUT2D eigenvalue weighted by Crippen LogP contribution is 2.06. The maximum Gasteiger partial charge on any atom is 0.253 e. The molecule has 0 atom stereocenters. The van der Waals surface area contributed by atoms with E-state index in [-0.39, 0.29) is 5.91 Å². The Morgan fingerprint density at radius 3 is 2.72 bits per heavy atom. The molecule has 0 saturated carbocycles. The van der Waals surface area contributed by atoms with Crippen molar-refractivity contribution in [3.63, 3.8) is 0 Å². The summed E-state index contributed by atoms with van der Waals surface area (Å²) >= 11 is 0. The number of hydrogen-bond donors (Lipinski definition) is 0. The molecule has 1 aromatic carbocycles. The quantitative estimate of drug-likeness (QED) is 0.585. The van der Waals surface area contributed by atoms with Crippen molar-refractivity contribution < 1.29 is 9.63 Å². The molecule has 1 amide bonds. The van der Waals surface area contributed by atoms with E-state index in [9.17, 15) is 4.79 Å². The Labute approximate surface area is 106 Å². The Kier molecular flexibility index (Phi) is 5.39. The maximum atomic E-state index is 11.9. The third kappa shape index (κ3) is 3.91. The first-order chi connectivity index (χ1) is 8.69. The smallest absolute Gasteiger partial charge is 0.253 e. The van der Waals surface area contributed by atoms with E-state index in [0.717, 1.165) is 5.56 Å². The molecule has 0 saturated heterocycles. The molecule has 0 radical (unpaired) electrons. The van der Waals surface area contributed by atoms with Gasteiger partial charge in [0.05, 0.1) is 18.7 Å². The third-order valence-electron chi connectivity index (χ3n) is 2.37. The fraction of sp³-hybridized carbons (Fsp3) is 0.308. The predicted octanol–water partition coefficient (Wildman–Crippen LogP) is 1.65. The highest BCUT2D eigenvalue weighted by Gasteiger charge is 2.10. The molecule has 1 aromatic rings. The third-order valence-corrected chi connectivity index (χ3v) is 2.37. The molecule has 0 fully saturated rings. The number of nitriles is 1. The van der Waals surface area contributed by atoms with E-state index in [0.29, 0.717) is 18.5 Å². The molecule has 1 rings (SSSR count). The molecule has 5 heteroatoms. The molecule has 0 bridgehead atoms. The lowest BCUT2D eigenvalue weighted by Crippen LogP contribution is -2.27. The van der Waals surface area contributed by atoms with Crippen LogP contribution in [0.3, 0.4) is 0 Å². The number of rotatable bonds is 5. The molecule has 0 spiro atoms. The van der Waals surface area contributed by atoms with Crippen molar-refractivity contribution in [1.29, 1.82) is 5.26 Å². The Bertz CT molecular complexity index is 460. The van der Waals surface area contributed by atoms with Gasteiger partial charge >= 0.3 is 0 Å². The fourth-order valence-electron chi connectivity index (χ4n) is 1.36. The van der Waals surface area contributed by atoms with Crippen molar-refractivity contribution in [2.45, 2.75) is 6.42 Å². The van der Waals surface area contributed by atoms with Gasteiger partial charge in [0.15, 0.2) is 0 Å². The molecule has 0 N–H and O–H groups in total. The number of carbonyl (C=O) groups excluding carboxylic acids is 1. The zero-order chi connectivity index (χ0) is 13.4. The van der Waals surface area contributed by atoms with Crippen LogP contribution in [-0.4, -0.2) is 37.7 Å². The van der Waals surface area contributed by atoms with Crippen molar-refractivity contribution in [3.8, 4) is 6.07 Å². The van der Waals surface area contributed by atoms with E-state index >= 15 is 0 Å². The average molecular weight is 245 g/mol. The Morgan fingerprint density at radius 1 is 1.50 bits per heavy atom. The number of benzene rings is 1. The van der Waals surface area contributed by atoms with Gasteiger partial charge in [-0.3, -0.25) is 4.79 Å². The van der Waals surface area contributed by atoms with E-state index in [1.807, 2.05) is 6.07 Å². The number of hydrogen-bond acceptors (Lipinski definition) is 4. The van der Waals surface area contributed by atoms with Gasteiger partial charge in [-0.25, -0.2) is 0 Å². The lowest BCUT2D eigenvalue weighted by Gasteiger charge is -2.15. The van der Waals surface area contributed by atoms with Crippen LogP contribution in [-0.2, 0) is 4.84 Å². The second-order valence-corrected chi connectivity index (χ2v) is 3.67. The van der Waals surface area contributed by atoms with Gasteiger partial charge in [-0.2, -0.15) is 5.26 Å². The van der Waals surface area contributed by atoms with Crippen LogP contribution >= 0.6 is 0 Å². The summed E-state index contributed by atoms with van der Waals surface area (Å²) < 4.78 is 0. The van der Waals surface area contributed by atoms with Crippen molar-refractivity contribution in [2.24, 2.45) is 5.16 Å². The topological polar surface area (TPSA) is 65.7 Å². The van der Waals surface area contributed by atoms with Crippen LogP contribution in [0.1, 0.15) is 22.3 Å². The minimum Gasteiger partial charge on any atom is -0.399 e. The second kappa shape index (κ2) is 7.07. The van der Waals surface area contributed by atoms with Crippen LogP contribution in [0.25, 0.3) is 0 Å². The summed E-state index contributed by atoms with van der Waals surface area (Å²) in [7, 11) is 3.15. The zero-order valence-electron chi connectivity index (χ0n) is 10.5. The standard InChI is InChI=1S/C13H15N3O2/c1-16(9-3-8-14)13(17)12-6-4-11(5-7-12)10-15-18-2/h4-7,10H,3,9H2,1-2H3/b15-10+. The molecule has 0 heterocycles. The molecular formula is C13H15N3O2. The van der Waals surface area contributed by atoms with Crippen LogP contribution in [0.4, 0.5) is 0 Å². The molecule has 0 aliphatic rings. The van der Waals surface area contributed by atoms with E-state index in [1.165, 1.54) is 12.0 Å². The lowest BCUT2D eigenvalue weighted by atomic mass is 10.1. The summed E-state index contributed by atoms with van der Waals surface area (Å²) in [6.45, 7) is 0.433. The summed E-state index contributed by atoms with van der Waals surface area (Å²) in [5.41, 5.74) is 1.44. The summed E-state index contributed by atoms with van der Waals surface area (Å²) in [6.07, 6.45) is 1.90. The highest BCUT2D eigenvalue weighted by atomic mass is 16.6. The van der Waals surface area contributed by atoms with Crippen molar-refractivity contribution in [1.82, 2.24) is 4.90 Å². The van der Waals surface area contributed by atoms with E-state index in [2.05, 4.69) is 9.99 Å². The number of carbonyl (C=O) groups is 1. The minimum absolute atomic E-state index is 0.0968. The Hall–Kier alpha value is -2.35. The summed E-state index contributed by atoms with van der Waals surface area (Å²) in [4.78, 5) is 18.0. The first-order valence-electron chi connectivity index (χ1n) is 5.48. The maximum absolute atomic E-state index is 11.9. The van der Waals surface area contributed by atoms with Crippen LogP contribution in [0, 0.1) is 11.3 Å². The van der Waals surface area contributed by atoms with Crippen LogP contribution in [0.2, 0.25) is 0 Å². The van der Waals surface area contributed by atoms with Crippen LogP contribution < -0.4 is 0 Å². The van der Waals surface area contributed by atoms with Crippen LogP contribution in [0.5, 0.6) is 0 Å². The predicted molar refractivity (Wildman–Crippen MR) is 68.2 cm³/mol. The first kappa shape index (κ1) is 13.7. The fourth-order valence-corrected chi connectivity index (χ4v) is 1.36. The summed E-state index contributed by atoms with van der Waals surface area (Å²) in [5, 5.41) is 12.1. The molecule has 5 nitrogen and oxygen atoms in total. The SMILES string of the molecule is CO/N=C/c1ccc(C(=O)N(C)CCC#N)cc1. The van der Waals surface area contributed by atoms with Gasteiger partial charge in [0.2, 0.25) is 0 Å². The molecule has 18 heavy (non-hydrogen) atoms. The van der Waals surface area contributed by atoms with E-state index in [1.54, 1.807) is 37.5 Å². The molecule has 0 aromatic heterocycles. The summed E-state index contributed by atoms with van der Waals surface area (Å²) in [5.74, 6) is -0.0968. The zero-order valence-corrected chi connectivity index (χ0v) is 10.5.